The Bertz CT molecular complexity index is 542. The van der Waals surface area contributed by atoms with Gasteiger partial charge in [-0.2, -0.15) is 0 Å². The minimum Gasteiger partial charge on any atom is -0.508 e. The third kappa shape index (κ3) is 5.95. The maximum atomic E-state index is 11.9. The van der Waals surface area contributed by atoms with Crippen LogP contribution in [0, 0.1) is 5.41 Å². The van der Waals surface area contributed by atoms with E-state index < -0.39 is 0 Å². The fourth-order valence-electron chi connectivity index (χ4n) is 1.55. The quantitative estimate of drug-likeness (QED) is 0.495. The van der Waals surface area contributed by atoms with Gasteiger partial charge in [0.2, 0.25) is 0 Å². The number of allylic oxidation sites excluding steroid dienone is 2. The van der Waals surface area contributed by atoms with E-state index in [1.165, 1.54) is 12.1 Å². The van der Waals surface area contributed by atoms with Crippen LogP contribution in [0.25, 0.3) is 0 Å². The van der Waals surface area contributed by atoms with Gasteiger partial charge in [0.15, 0.2) is 0 Å². The lowest BCUT2D eigenvalue weighted by molar-refractivity contribution is 0.206. The van der Waals surface area contributed by atoms with Gasteiger partial charge in [-0.05, 0) is 42.1 Å². The summed E-state index contributed by atoms with van der Waals surface area (Å²) < 4.78 is 5.31. The van der Waals surface area contributed by atoms with Gasteiger partial charge in [0, 0.05) is 16.0 Å². The van der Waals surface area contributed by atoms with E-state index in [0.717, 1.165) is 22.4 Å². The molecule has 4 nitrogen and oxygen atoms in total. The molecule has 1 aromatic carbocycles. The standard InChI is InChI=1S/C16H21NO3S/c1-11(10-14(20-5)16(2,3)4)17-15(19)21-13-8-6-12(18)7-9-13/h6-10,18H,1H2,2-5H3,(H,17,19)/b14-10-. The van der Waals surface area contributed by atoms with Gasteiger partial charge in [-0.25, -0.2) is 0 Å². The van der Waals surface area contributed by atoms with E-state index in [2.05, 4.69) is 11.9 Å². The average molecular weight is 307 g/mol. The topological polar surface area (TPSA) is 58.6 Å². The van der Waals surface area contributed by atoms with Crippen LogP contribution in [-0.4, -0.2) is 17.5 Å². The molecule has 0 aliphatic carbocycles. The van der Waals surface area contributed by atoms with Crippen LogP contribution in [0.5, 0.6) is 5.75 Å². The fraction of sp³-hybridized carbons (Fsp3) is 0.312. The van der Waals surface area contributed by atoms with Gasteiger partial charge in [0.1, 0.15) is 11.5 Å². The fourth-order valence-corrected chi connectivity index (χ4v) is 2.22. The van der Waals surface area contributed by atoms with E-state index in [1.54, 1.807) is 25.3 Å². The summed E-state index contributed by atoms with van der Waals surface area (Å²) in [6, 6.07) is 6.42. The second-order valence-corrected chi connectivity index (χ2v) is 6.54. The summed E-state index contributed by atoms with van der Waals surface area (Å²) in [6.45, 7) is 9.86. The molecular weight excluding hydrogens is 286 g/mol. The minimum atomic E-state index is -0.244. The van der Waals surface area contributed by atoms with Crippen molar-refractivity contribution in [3.05, 3.63) is 48.4 Å². The Morgan fingerprint density at radius 3 is 2.38 bits per heavy atom. The zero-order chi connectivity index (χ0) is 16.0. The van der Waals surface area contributed by atoms with Crippen molar-refractivity contribution in [2.45, 2.75) is 25.7 Å². The maximum Gasteiger partial charge on any atom is 0.288 e. The van der Waals surface area contributed by atoms with Crippen LogP contribution in [0.15, 0.2) is 53.3 Å². The average Bonchev–Trinajstić information content (AvgIpc) is 2.37. The van der Waals surface area contributed by atoms with E-state index in [-0.39, 0.29) is 16.4 Å². The number of ether oxygens (including phenoxy) is 1. The molecule has 0 radical (unpaired) electrons. The van der Waals surface area contributed by atoms with Gasteiger partial charge in [-0.15, -0.1) is 0 Å². The zero-order valence-corrected chi connectivity index (χ0v) is 13.6. The Morgan fingerprint density at radius 2 is 1.90 bits per heavy atom. The highest BCUT2D eigenvalue weighted by Gasteiger charge is 2.18. The summed E-state index contributed by atoms with van der Waals surface area (Å²) in [5, 5.41) is 11.6. The van der Waals surface area contributed by atoms with E-state index >= 15 is 0 Å². The molecule has 0 spiro atoms. The molecule has 2 N–H and O–H groups in total. The predicted molar refractivity (Wildman–Crippen MR) is 86.2 cm³/mol. The predicted octanol–water partition coefficient (Wildman–Crippen LogP) is 4.28. The lowest BCUT2D eigenvalue weighted by Crippen LogP contribution is -2.18. The Hall–Kier alpha value is -1.88. The summed E-state index contributed by atoms with van der Waals surface area (Å²) in [7, 11) is 1.59. The number of methoxy groups -OCH3 is 1. The summed E-state index contributed by atoms with van der Waals surface area (Å²) in [6.07, 6.45) is 1.72. The van der Waals surface area contributed by atoms with Crippen LogP contribution < -0.4 is 5.32 Å². The van der Waals surface area contributed by atoms with E-state index in [9.17, 15) is 9.90 Å². The number of phenolic OH excluding ortho intramolecular Hbond substituents is 1. The molecule has 0 heterocycles. The monoisotopic (exact) mass is 307 g/mol. The van der Waals surface area contributed by atoms with Crippen LogP contribution in [0.2, 0.25) is 0 Å². The van der Waals surface area contributed by atoms with Crippen molar-refractivity contribution in [3.8, 4) is 5.75 Å². The molecule has 0 saturated heterocycles. The van der Waals surface area contributed by atoms with Gasteiger partial charge in [-0.1, -0.05) is 27.4 Å². The van der Waals surface area contributed by atoms with Gasteiger partial charge in [-0.3, -0.25) is 4.79 Å². The number of amides is 1. The summed E-state index contributed by atoms with van der Waals surface area (Å²) in [5.74, 6) is 0.907. The number of benzene rings is 1. The molecule has 0 aliphatic rings. The molecule has 0 saturated carbocycles. The molecule has 21 heavy (non-hydrogen) atoms. The Labute approximate surface area is 129 Å². The van der Waals surface area contributed by atoms with Crippen LogP contribution in [-0.2, 0) is 4.74 Å². The number of nitrogens with one attached hydrogen (secondary N) is 1. The van der Waals surface area contributed by atoms with Crippen LogP contribution in [0.3, 0.4) is 0 Å². The lowest BCUT2D eigenvalue weighted by atomic mass is 9.93. The molecule has 0 aromatic heterocycles. The van der Waals surface area contributed by atoms with Crippen molar-refractivity contribution in [1.82, 2.24) is 5.32 Å². The highest BCUT2D eigenvalue weighted by atomic mass is 32.2. The maximum absolute atomic E-state index is 11.9. The van der Waals surface area contributed by atoms with E-state index in [0.29, 0.717) is 5.70 Å². The number of carbonyl (C=O) groups is 1. The number of hydrogen-bond donors (Lipinski definition) is 2. The minimum absolute atomic E-state index is 0.160. The number of carbonyl (C=O) groups excluding carboxylic acids is 1. The first-order valence-electron chi connectivity index (χ1n) is 6.45. The lowest BCUT2D eigenvalue weighted by Gasteiger charge is -2.21. The third-order valence-electron chi connectivity index (χ3n) is 2.57. The molecule has 114 valence electrons. The SMILES string of the molecule is C=C(/C=C(\OC)C(C)(C)C)NC(=O)Sc1ccc(O)cc1. The number of thioether (sulfide) groups is 1. The first kappa shape index (κ1) is 17.2. The summed E-state index contributed by atoms with van der Waals surface area (Å²) >= 11 is 1.03. The van der Waals surface area contributed by atoms with Crippen LogP contribution in [0.1, 0.15) is 20.8 Å². The number of rotatable bonds is 4. The summed E-state index contributed by atoms with van der Waals surface area (Å²) in [4.78, 5) is 12.6. The van der Waals surface area contributed by atoms with E-state index in [1.807, 2.05) is 20.8 Å². The van der Waals surface area contributed by atoms with Crippen LogP contribution >= 0.6 is 11.8 Å². The molecule has 5 heteroatoms. The Kier molecular flexibility index (Phi) is 5.90. The Morgan fingerprint density at radius 1 is 1.33 bits per heavy atom. The number of aromatic hydroxyl groups is 1. The number of phenols is 1. The molecular formula is C16H21NO3S. The molecule has 1 rings (SSSR count). The largest absolute Gasteiger partial charge is 0.508 e. The zero-order valence-electron chi connectivity index (χ0n) is 12.8. The van der Waals surface area contributed by atoms with Gasteiger partial charge < -0.3 is 15.2 Å². The molecule has 0 aliphatic heterocycles. The molecule has 0 bridgehead atoms. The second-order valence-electron chi connectivity index (χ2n) is 5.50. The molecule has 1 aromatic rings. The van der Waals surface area contributed by atoms with Crippen molar-refractivity contribution in [1.29, 1.82) is 0 Å². The highest BCUT2D eigenvalue weighted by molar-refractivity contribution is 8.13. The van der Waals surface area contributed by atoms with Crippen molar-refractivity contribution < 1.29 is 14.6 Å². The smallest absolute Gasteiger partial charge is 0.288 e. The Balaban J connectivity index is 2.64. The summed E-state index contributed by atoms with van der Waals surface area (Å²) in [5.41, 5.74) is 0.310. The molecule has 0 atom stereocenters. The molecule has 1 amide bonds. The molecule has 0 fully saturated rings. The first-order valence-corrected chi connectivity index (χ1v) is 7.27. The highest BCUT2D eigenvalue weighted by Crippen LogP contribution is 2.26. The second kappa shape index (κ2) is 7.22. The first-order chi connectivity index (χ1) is 9.72. The van der Waals surface area contributed by atoms with Gasteiger partial charge in [0.05, 0.1) is 7.11 Å². The molecule has 0 unspecified atom stereocenters. The van der Waals surface area contributed by atoms with Gasteiger partial charge in [0.25, 0.3) is 5.24 Å². The van der Waals surface area contributed by atoms with Crippen molar-refractivity contribution in [2.75, 3.05) is 7.11 Å². The van der Waals surface area contributed by atoms with E-state index in [4.69, 9.17) is 4.74 Å². The van der Waals surface area contributed by atoms with Crippen LogP contribution in [0.4, 0.5) is 4.79 Å². The third-order valence-corrected chi connectivity index (χ3v) is 3.37. The number of hydrogen-bond acceptors (Lipinski definition) is 4. The van der Waals surface area contributed by atoms with Crippen molar-refractivity contribution >= 4 is 17.0 Å². The normalized spacial score (nSPS) is 11.9. The van der Waals surface area contributed by atoms with Crippen molar-refractivity contribution in [3.63, 3.8) is 0 Å². The van der Waals surface area contributed by atoms with Crippen molar-refractivity contribution in [2.24, 2.45) is 5.41 Å². The van der Waals surface area contributed by atoms with Gasteiger partial charge >= 0.3 is 0 Å².